The molecule has 0 saturated heterocycles. The minimum Gasteiger partial charge on any atom is -0.369 e. The second-order valence-corrected chi connectivity index (χ2v) is 3.66. The highest BCUT2D eigenvalue weighted by atomic mass is 15.1. The number of amidine groups is 1. The van der Waals surface area contributed by atoms with Crippen molar-refractivity contribution in [2.45, 2.75) is 13.3 Å². The van der Waals surface area contributed by atoms with Crippen molar-refractivity contribution in [2.75, 3.05) is 18.4 Å². The lowest BCUT2D eigenvalue weighted by molar-refractivity contribution is 0.904. The van der Waals surface area contributed by atoms with Crippen molar-refractivity contribution in [3.05, 3.63) is 42.1 Å². The molecule has 2 rings (SSSR count). The first-order valence-electron chi connectivity index (χ1n) is 5.71. The fourth-order valence-corrected chi connectivity index (χ4v) is 1.67. The van der Waals surface area contributed by atoms with Gasteiger partial charge in [0, 0.05) is 18.8 Å². The molecule has 3 nitrogen and oxygen atoms in total. The Morgan fingerprint density at radius 1 is 1.25 bits per heavy atom. The van der Waals surface area contributed by atoms with Crippen molar-refractivity contribution in [3.8, 4) is 0 Å². The van der Waals surface area contributed by atoms with Crippen LogP contribution in [-0.2, 0) is 0 Å². The Balaban J connectivity index is 2.09. The van der Waals surface area contributed by atoms with Gasteiger partial charge in [0.1, 0.15) is 5.84 Å². The monoisotopic (exact) mass is 215 g/mol. The number of nitrogens with one attached hydrogen (secondary N) is 2. The Morgan fingerprint density at radius 3 is 2.81 bits per heavy atom. The van der Waals surface area contributed by atoms with Gasteiger partial charge in [-0.15, -0.1) is 0 Å². The fraction of sp³-hybridized carbons (Fsp3) is 0.308. The topological polar surface area (TPSA) is 36.4 Å². The summed E-state index contributed by atoms with van der Waals surface area (Å²) in [6, 6.07) is 10.2. The third-order valence-electron chi connectivity index (χ3n) is 2.40. The van der Waals surface area contributed by atoms with Crippen LogP contribution in [0.15, 0.2) is 47.1 Å². The average molecular weight is 215 g/mol. The van der Waals surface area contributed by atoms with Gasteiger partial charge in [-0.3, -0.25) is 4.99 Å². The van der Waals surface area contributed by atoms with Gasteiger partial charge in [-0.2, -0.15) is 0 Å². The average Bonchev–Trinajstić information content (AvgIpc) is 2.33. The molecular formula is C13H17N3. The summed E-state index contributed by atoms with van der Waals surface area (Å²) < 4.78 is 0. The molecule has 0 radical (unpaired) electrons. The highest BCUT2D eigenvalue weighted by Gasteiger charge is 2.09. The first kappa shape index (κ1) is 10.7. The van der Waals surface area contributed by atoms with E-state index in [9.17, 15) is 0 Å². The molecule has 3 heteroatoms. The summed E-state index contributed by atoms with van der Waals surface area (Å²) in [7, 11) is 0. The predicted octanol–water partition coefficient (Wildman–Crippen LogP) is 2.39. The molecule has 0 unspecified atom stereocenters. The minimum absolute atomic E-state index is 0.877. The molecule has 0 amide bonds. The number of aliphatic imine (C=N–C) groups is 1. The van der Waals surface area contributed by atoms with Crippen molar-refractivity contribution >= 4 is 11.5 Å². The van der Waals surface area contributed by atoms with Crippen molar-refractivity contribution in [2.24, 2.45) is 4.99 Å². The van der Waals surface area contributed by atoms with Crippen LogP contribution in [0.4, 0.5) is 5.69 Å². The number of anilines is 1. The Labute approximate surface area is 96.3 Å². The number of nitrogens with zero attached hydrogens (tertiary/aromatic N) is 1. The van der Waals surface area contributed by atoms with Gasteiger partial charge in [-0.05, 0) is 25.5 Å². The molecule has 2 N–H and O–H groups in total. The molecule has 0 atom stereocenters. The molecule has 0 spiro atoms. The molecule has 1 aliphatic heterocycles. The Morgan fingerprint density at radius 2 is 2.06 bits per heavy atom. The van der Waals surface area contributed by atoms with Crippen LogP contribution in [0.5, 0.6) is 0 Å². The Kier molecular flexibility index (Phi) is 3.59. The van der Waals surface area contributed by atoms with Gasteiger partial charge in [0.15, 0.2) is 0 Å². The number of hydrogen-bond acceptors (Lipinski definition) is 3. The molecular weight excluding hydrogens is 198 g/mol. The van der Waals surface area contributed by atoms with Crippen molar-refractivity contribution < 1.29 is 0 Å². The lowest BCUT2D eigenvalue weighted by Gasteiger charge is -2.17. The molecule has 16 heavy (non-hydrogen) atoms. The maximum Gasteiger partial charge on any atom is 0.144 e. The van der Waals surface area contributed by atoms with E-state index in [1.165, 1.54) is 0 Å². The van der Waals surface area contributed by atoms with E-state index >= 15 is 0 Å². The molecule has 0 aliphatic carbocycles. The molecule has 1 heterocycles. The van der Waals surface area contributed by atoms with Crippen LogP contribution >= 0.6 is 0 Å². The fourth-order valence-electron chi connectivity index (χ4n) is 1.67. The van der Waals surface area contributed by atoms with E-state index in [2.05, 4.69) is 40.8 Å². The van der Waals surface area contributed by atoms with E-state index in [1.54, 1.807) is 0 Å². The van der Waals surface area contributed by atoms with Gasteiger partial charge in [0.05, 0.1) is 5.70 Å². The smallest absolute Gasteiger partial charge is 0.144 e. The first-order chi connectivity index (χ1) is 7.90. The van der Waals surface area contributed by atoms with E-state index in [0.29, 0.717) is 0 Å². The lowest BCUT2D eigenvalue weighted by Crippen LogP contribution is -2.30. The number of rotatable bonds is 3. The highest BCUT2D eigenvalue weighted by molar-refractivity contribution is 6.01. The van der Waals surface area contributed by atoms with Crippen molar-refractivity contribution in [1.82, 2.24) is 5.32 Å². The molecule has 1 aromatic rings. The number of benzene rings is 1. The van der Waals surface area contributed by atoms with Crippen LogP contribution in [0, 0.1) is 0 Å². The molecule has 0 saturated carbocycles. The van der Waals surface area contributed by atoms with E-state index in [1.807, 2.05) is 18.2 Å². The molecule has 0 bridgehead atoms. The predicted molar refractivity (Wildman–Crippen MR) is 68.7 cm³/mol. The van der Waals surface area contributed by atoms with Crippen molar-refractivity contribution in [1.29, 1.82) is 0 Å². The largest absolute Gasteiger partial charge is 0.369 e. The summed E-state index contributed by atoms with van der Waals surface area (Å²) in [5.41, 5.74) is 2.18. The summed E-state index contributed by atoms with van der Waals surface area (Å²) in [5.74, 6) is 0.970. The van der Waals surface area contributed by atoms with E-state index in [4.69, 9.17) is 0 Å². The Bertz CT molecular complexity index is 393. The number of dihydropyridines is 1. The second kappa shape index (κ2) is 5.35. The lowest BCUT2D eigenvalue weighted by atomic mass is 10.2. The third kappa shape index (κ3) is 2.63. The van der Waals surface area contributed by atoms with E-state index < -0.39 is 0 Å². The van der Waals surface area contributed by atoms with Gasteiger partial charge >= 0.3 is 0 Å². The van der Waals surface area contributed by atoms with E-state index in [0.717, 1.165) is 36.7 Å². The second-order valence-electron chi connectivity index (χ2n) is 3.66. The molecule has 84 valence electrons. The molecule has 0 aromatic heterocycles. The zero-order valence-corrected chi connectivity index (χ0v) is 9.53. The van der Waals surface area contributed by atoms with Crippen LogP contribution in [0.25, 0.3) is 0 Å². The zero-order chi connectivity index (χ0) is 11.2. The quantitative estimate of drug-likeness (QED) is 0.812. The number of likely N-dealkylation sites (N-methyl/N-ethyl adjacent to an activating group) is 1. The van der Waals surface area contributed by atoms with Gasteiger partial charge in [0.2, 0.25) is 0 Å². The summed E-state index contributed by atoms with van der Waals surface area (Å²) in [6.45, 7) is 3.85. The van der Waals surface area contributed by atoms with Gasteiger partial charge in [0.25, 0.3) is 0 Å². The minimum atomic E-state index is 0.877. The Hall–Kier alpha value is -1.77. The summed E-state index contributed by atoms with van der Waals surface area (Å²) >= 11 is 0. The van der Waals surface area contributed by atoms with Gasteiger partial charge in [-0.25, -0.2) is 0 Å². The summed E-state index contributed by atoms with van der Waals surface area (Å²) in [4.78, 5) is 4.47. The molecule has 0 fully saturated rings. The SMILES string of the molecule is CCNC1=NCCC=C1Nc1ccccc1. The van der Waals surface area contributed by atoms with Crippen LogP contribution in [0.2, 0.25) is 0 Å². The molecule has 1 aliphatic rings. The van der Waals surface area contributed by atoms with Crippen molar-refractivity contribution in [3.63, 3.8) is 0 Å². The normalized spacial score (nSPS) is 15.1. The molecule has 1 aromatic carbocycles. The van der Waals surface area contributed by atoms with Gasteiger partial charge in [-0.1, -0.05) is 24.3 Å². The standard InChI is InChI=1S/C13H17N3/c1-2-14-13-12(9-6-10-15-13)16-11-7-4-3-5-8-11/h3-5,7-9,16H,2,6,10H2,1H3,(H,14,15). The van der Waals surface area contributed by atoms with Crippen LogP contribution in [-0.4, -0.2) is 18.9 Å². The maximum absolute atomic E-state index is 4.47. The highest BCUT2D eigenvalue weighted by Crippen LogP contribution is 2.12. The maximum atomic E-state index is 4.47. The summed E-state index contributed by atoms with van der Waals surface area (Å²) in [6.07, 6.45) is 3.20. The van der Waals surface area contributed by atoms with Crippen LogP contribution in [0.1, 0.15) is 13.3 Å². The van der Waals surface area contributed by atoms with Crippen LogP contribution in [0.3, 0.4) is 0 Å². The zero-order valence-electron chi connectivity index (χ0n) is 9.53. The van der Waals surface area contributed by atoms with Gasteiger partial charge < -0.3 is 10.6 Å². The van der Waals surface area contributed by atoms with Crippen LogP contribution < -0.4 is 10.6 Å². The summed E-state index contributed by atoms with van der Waals surface area (Å²) in [5, 5.41) is 6.66. The third-order valence-corrected chi connectivity index (χ3v) is 2.40. The van der Waals surface area contributed by atoms with E-state index in [-0.39, 0.29) is 0 Å². The first-order valence-corrected chi connectivity index (χ1v) is 5.71. The number of hydrogen-bond donors (Lipinski definition) is 2. The number of para-hydroxylation sites is 1.